The van der Waals surface area contributed by atoms with E-state index in [0.29, 0.717) is 27.3 Å². The van der Waals surface area contributed by atoms with E-state index >= 15 is 0 Å². The smallest absolute Gasteiger partial charge is 0.195 e. The van der Waals surface area contributed by atoms with Crippen LogP contribution in [0.25, 0.3) is 0 Å². The summed E-state index contributed by atoms with van der Waals surface area (Å²) in [6.45, 7) is 3.43. The Hall–Kier alpha value is -1.19. The van der Waals surface area contributed by atoms with E-state index in [4.69, 9.17) is 11.6 Å². The molecular weight excluding hydrogens is 331 g/mol. The molecule has 0 saturated carbocycles. The molecule has 0 unspecified atom stereocenters. The summed E-state index contributed by atoms with van der Waals surface area (Å²) < 4.78 is 14.0. The van der Waals surface area contributed by atoms with Crippen molar-refractivity contribution in [2.24, 2.45) is 0 Å². The second kappa shape index (κ2) is 5.43. The maximum atomic E-state index is 13.3. The van der Waals surface area contributed by atoms with Crippen LogP contribution in [0.2, 0.25) is 5.02 Å². The lowest BCUT2D eigenvalue weighted by Crippen LogP contribution is -2.07. The van der Waals surface area contributed by atoms with Gasteiger partial charge in [0.05, 0.1) is 5.02 Å². The molecule has 0 bridgehead atoms. The Labute approximate surface area is 124 Å². The van der Waals surface area contributed by atoms with Crippen molar-refractivity contribution in [3.8, 4) is 0 Å². The predicted octanol–water partition coefficient (Wildman–Crippen LogP) is 5.09. The van der Waals surface area contributed by atoms with Gasteiger partial charge in [0.1, 0.15) is 5.82 Å². The van der Waals surface area contributed by atoms with E-state index in [1.54, 1.807) is 32.0 Å². The number of hydrogen-bond acceptors (Lipinski definition) is 1. The van der Waals surface area contributed by atoms with E-state index in [0.717, 1.165) is 4.47 Å². The van der Waals surface area contributed by atoms with Crippen LogP contribution in [0.5, 0.6) is 0 Å². The Morgan fingerprint density at radius 2 is 1.74 bits per heavy atom. The lowest BCUT2D eigenvalue weighted by Gasteiger charge is -2.10. The minimum atomic E-state index is -0.341. The normalized spacial score (nSPS) is 10.6. The topological polar surface area (TPSA) is 17.1 Å². The molecule has 4 heteroatoms. The molecule has 0 amide bonds. The second-order valence-corrected chi connectivity index (χ2v) is 5.69. The van der Waals surface area contributed by atoms with E-state index in [9.17, 15) is 9.18 Å². The van der Waals surface area contributed by atoms with Gasteiger partial charge in [-0.25, -0.2) is 4.39 Å². The third-order valence-corrected chi connectivity index (χ3v) is 3.72. The first kappa shape index (κ1) is 14.2. The summed E-state index contributed by atoms with van der Waals surface area (Å²) in [4.78, 5) is 12.5. The van der Waals surface area contributed by atoms with E-state index in [-0.39, 0.29) is 11.6 Å². The molecule has 0 aliphatic carbocycles. The summed E-state index contributed by atoms with van der Waals surface area (Å²) in [5, 5.41) is 0.385. The van der Waals surface area contributed by atoms with E-state index in [1.807, 2.05) is 0 Å². The molecule has 0 atom stereocenters. The van der Waals surface area contributed by atoms with Crippen molar-refractivity contribution in [2.45, 2.75) is 13.8 Å². The highest BCUT2D eigenvalue weighted by atomic mass is 79.9. The van der Waals surface area contributed by atoms with Crippen LogP contribution < -0.4 is 0 Å². The average molecular weight is 342 g/mol. The first-order chi connectivity index (χ1) is 8.90. The fraction of sp³-hybridized carbons (Fsp3) is 0.133. The molecular formula is C15H11BrClFO. The molecule has 2 aromatic carbocycles. The highest BCUT2D eigenvalue weighted by Crippen LogP contribution is 2.26. The Bertz CT molecular complexity index is 644. The van der Waals surface area contributed by atoms with Crippen LogP contribution in [-0.4, -0.2) is 5.78 Å². The summed E-state index contributed by atoms with van der Waals surface area (Å²) in [5.74, 6) is -0.534. The van der Waals surface area contributed by atoms with Gasteiger partial charge in [-0.2, -0.15) is 0 Å². The molecule has 98 valence electrons. The second-order valence-electron chi connectivity index (χ2n) is 4.37. The van der Waals surface area contributed by atoms with Gasteiger partial charge < -0.3 is 0 Å². The molecule has 0 aliphatic rings. The van der Waals surface area contributed by atoms with E-state index < -0.39 is 0 Å². The van der Waals surface area contributed by atoms with Crippen molar-refractivity contribution in [3.63, 3.8) is 0 Å². The van der Waals surface area contributed by atoms with Crippen molar-refractivity contribution in [2.75, 3.05) is 0 Å². The van der Waals surface area contributed by atoms with E-state index in [2.05, 4.69) is 15.9 Å². The fourth-order valence-corrected chi connectivity index (χ4v) is 2.64. The van der Waals surface area contributed by atoms with Crippen LogP contribution >= 0.6 is 27.5 Å². The number of carbonyl (C=O) groups is 1. The summed E-state index contributed by atoms with van der Waals surface area (Å²) >= 11 is 9.38. The number of halogens is 3. The monoisotopic (exact) mass is 340 g/mol. The first-order valence-electron chi connectivity index (χ1n) is 5.66. The van der Waals surface area contributed by atoms with Crippen LogP contribution in [0.4, 0.5) is 4.39 Å². The molecule has 0 aromatic heterocycles. The Morgan fingerprint density at radius 3 is 2.32 bits per heavy atom. The minimum Gasteiger partial charge on any atom is -0.289 e. The van der Waals surface area contributed by atoms with Crippen LogP contribution in [-0.2, 0) is 0 Å². The van der Waals surface area contributed by atoms with Crippen LogP contribution in [0.15, 0.2) is 34.8 Å². The van der Waals surface area contributed by atoms with Gasteiger partial charge in [0.25, 0.3) is 0 Å². The molecule has 0 radical (unpaired) electrons. The third kappa shape index (κ3) is 2.88. The highest BCUT2D eigenvalue weighted by molar-refractivity contribution is 9.10. The van der Waals surface area contributed by atoms with Gasteiger partial charge >= 0.3 is 0 Å². The molecule has 0 heterocycles. The Balaban J connectivity index is 2.59. The van der Waals surface area contributed by atoms with Gasteiger partial charge in [-0.05, 0) is 55.3 Å². The lowest BCUT2D eigenvalue weighted by atomic mass is 9.95. The molecule has 1 nitrogen and oxygen atoms in total. The third-order valence-electron chi connectivity index (χ3n) is 2.90. The summed E-state index contributed by atoms with van der Waals surface area (Å²) in [5.41, 5.74) is 2.13. The molecule has 0 saturated heterocycles. The maximum absolute atomic E-state index is 13.3. The zero-order valence-corrected chi connectivity index (χ0v) is 12.8. The Kier molecular flexibility index (Phi) is 4.07. The fourth-order valence-electron chi connectivity index (χ4n) is 2.07. The summed E-state index contributed by atoms with van der Waals surface area (Å²) in [7, 11) is 0. The molecule has 0 spiro atoms. The zero-order valence-electron chi connectivity index (χ0n) is 10.4. The van der Waals surface area contributed by atoms with Crippen molar-refractivity contribution >= 4 is 33.3 Å². The predicted molar refractivity (Wildman–Crippen MR) is 78.5 cm³/mol. The first-order valence-corrected chi connectivity index (χ1v) is 6.83. The zero-order chi connectivity index (χ0) is 14.2. The summed E-state index contributed by atoms with van der Waals surface area (Å²) in [6, 6.07) is 7.81. The van der Waals surface area contributed by atoms with Crippen molar-refractivity contribution in [1.29, 1.82) is 0 Å². The van der Waals surface area contributed by atoms with Crippen LogP contribution in [0, 0.1) is 19.7 Å². The molecule has 0 fully saturated rings. The molecule has 0 aliphatic heterocycles. The number of aryl methyl sites for hydroxylation is 2. The van der Waals surface area contributed by atoms with Gasteiger partial charge in [0.2, 0.25) is 0 Å². The van der Waals surface area contributed by atoms with Crippen molar-refractivity contribution in [1.82, 2.24) is 0 Å². The quantitative estimate of drug-likeness (QED) is 0.695. The van der Waals surface area contributed by atoms with Crippen molar-refractivity contribution in [3.05, 3.63) is 67.9 Å². The molecule has 0 N–H and O–H groups in total. The van der Waals surface area contributed by atoms with Gasteiger partial charge in [-0.3, -0.25) is 4.79 Å². The summed E-state index contributed by atoms with van der Waals surface area (Å²) in [6.07, 6.45) is 0. The molecule has 2 aromatic rings. The number of ketones is 1. The van der Waals surface area contributed by atoms with Gasteiger partial charge in [-0.15, -0.1) is 0 Å². The number of rotatable bonds is 2. The molecule has 2 rings (SSSR count). The number of benzene rings is 2. The highest BCUT2D eigenvalue weighted by Gasteiger charge is 2.18. The number of hydrogen-bond donors (Lipinski definition) is 0. The van der Waals surface area contributed by atoms with Crippen LogP contribution in [0.1, 0.15) is 27.0 Å². The lowest BCUT2D eigenvalue weighted by molar-refractivity contribution is 0.103. The standard InChI is InChI=1S/C15H11BrClFO/c1-8-5-11(18)6-9(2)14(8)15(19)12-7-10(16)3-4-13(12)17/h3-7H,1-2H3. The SMILES string of the molecule is Cc1cc(F)cc(C)c1C(=O)c1cc(Br)ccc1Cl. The number of carbonyl (C=O) groups excluding carboxylic acids is 1. The van der Waals surface area contributed by atoms with Gasteiger partial charge in [0, 0.05) is 15.6 Å². The largest absolute Gasteiger partial charge is 0.289 e. The average Bonchev–Trinajstić information content (AvgIpc) is 2.30. The Morgan fingerprint density at radius 1 is 1.16 bits per heavy atom. The van der Waals surface area contributed by atoms with Gasteiger partial charge in [0.15, 0.2) is 5.78 Å². The maximum Gasteiger partial charge on any atom is 0.195 e. The minimum absolute atomic E-state index is 0.193. The van der Waals surface area contributed by atoms with Crippen molar-refractivity contribution < 1.29 is 9.18 Å². The van der Waals surface area contributed by atoms with Crippen LogP contribution in [0.3, 0.4) is 0 Å². The molecule has 19 heavy (non-hydrogen) atoms. The van der Waals surface area contributed by atoms with Gasteiger partial charge in [-0.1, -0.05) is 27.5 Å². The van der Waals surface area contributed by atoms with E-state index in [1.165, 1.54) is 12.1 Å².